The third-order valence-electron chi connectivity index (χ3n) is 9.54. The molecule has 1 saturated heterocycles. The average molecular weight is 552 g/mol. The molecule has 1 aliphatic heterocycles. The van der Waals surface area contributed by atoms with Crippen molar-refractivity contribution < 1.29 is 33.8 Å². The van der Waals surface area contributed by atoms with E-state index in [0.29, 0.717) is 0 Å². The third-order valence-corrected chi connectivity index (χ3v) is 9.54. The van der Waals surface area contributed by atoms with Gasteiger partial charge in [0.1, 0.15) is 25.2 Å². The molecular formula is C32H68Cl2N2. The van der Waals surface area contributed by atoms with Gasteiger partial charge in [0.05, 0.1) is 27.2 Å². The predicted molar refractivity (Wildman–Crippen MR) is 154 cm³/mol. The number of halogens is 2. The molecule has 0 aliphatic carbocycles. The van der Waals surface area contributed by atoms with E-state index in [0.717, 1.165) is 12.1 Å². The Kier molecular flexibility index (Phi) is 25.1. The van der Waals surface area contributed by atoms with Crippen molar-refractivity contribution in [3.63, 3.8) is 0 Å². The molecule has 0 radical (unpaired) electrons. The molecule has 0 spiro atoms. The number of nitrogens with zero attached hydrogens (tertiary/aromatic N) is 2. The van der Waals surface area contributed by atoms with Gasteiger partial charge in [0.15, 0.2) is 0 Å². The van der Waals surface area contributed by atoms with Crippen molar-refractivity contribution in [3.8, 4) is 0 Å². The van der Waals surface area contributed by atoms with E-state index in [-0.39, 0.29) is 24.8 Å². The quantitative estimate of drug-likeness (QED) is 0.143. The molecule has 0 N–H and O–H groups in total. The Bertz CT molecular complexity index is 433. The zero-order chi connectivity index (χ0) is 25.1. The molecule has 0 saturated carbocycles. The SMILES string of the molecule is CCCCCCCCCCCC[N+]1(C)C[C@H](C)[N+](C)(CCCCCCCCCCCC)C[C@H]1C.[Cl-].[Cl-]. The fourth-order valence-corrected chi connectivity index (χ4v) is 6.51. The number of unbranched alkanes of at least 4 members (excludes halogenated alkanes) is 18. The van der Waals surface area contributed by atoms with Gasteiger partial charge in [0.2, 0.25) is 0 Å². The van der Waals surface area contributed by atoms with Crippen molar-refractivity contribution in [3.05, 3.63) is 0 Å². The number of hydrogen-bond donors (Lipinski definition) is 0. The van der Waals surface area contributed by atoms with E-state index in [9.17, 15) is 0 Å². The fourth-order valence-electron chi connectivity index (χ4n) is 6.51. The molecular weight excluding hydrogens is 483 g/mol. The van der Waals surface area contributed by atoms with Crippen LogP contribution in [0.25, 0.3) is 0 Å². The number of rotatable bonds is 22. The summed E-state index contributed by atoms with van der Waals surface area (Å²) in [7, 11) is 5.14. The molecule has 4 heteroatoms. The van der Waals surface area contributed by atoms with Crippen LogP contribution in [0.2, 0.25) is 0 Å². The van der Waals surface area contributed by atoms with E-state index in [4.69, 9.17) is 0 Å². The second-order valence-corrected chi connectivity index (χ2v) is 12.8. The minimum Gasteiger partial charge on any atom is -1.00 e. The first-order valence-electron chi connectivity index (χ1n) is 16.1. The summed E-state index contributed by atoms with van der Waals surface area (Å²) in [6, 6.07) is 1.62. The summed E-state index contributed by atoms with van der Waals surface area (Å²) in [5, 5.41) is 0. The highest BCUT2D eigenvalue weighted by atomic mass is 35.5. The molecule has 0 aromatic rings. The standard InChI is InChI=1S/C32H68N2.2ClH/c1-7-9-11-13-15-17-19-21-23-25-27-33(5)29-32(4)34(6,30-31(33)3)28-26-24-22-20-18-16-14-12-10-8-2;;/h31-32H,7-30H2,1-6H3;2*1H/q+2;;/p-2/t31-,32+,33?,34?;;. The predicted octanol–water partition coefficient (Wildman–Crippen LogP) is 3.52. The maximum Gasteiger partial charge on any atom is 0.136 e. The number of likely N-dealkylation sites (N-methyl/N-ethyl adjacent to an activating group) is 2. The monoisotopic (exact) mass is 550 g/mol. The summed E-state index contributed by atoms with van der Waals surface area (Å²) < 4.78 is 2.65. The van der Waals surface area contributed by atoms with Gasteiger partial charge in [-0.25, -0.2) is 0 Å². The molecule has 0 bridgehead atoms. The lowest BCUT2D eigenvalue weighted by atomic mass is 9.99. The molecule has 0 aromatic heterocycles. The summed E-state index contributed by atoms with van der Waals surface area (Å²) in [6.07, 6.45) is 29.0. The van der Waals surface area contributed by atoms with E-state index >= 15 is 0 Å². The topological polar surface area (TPSA) is 0 Å². The molecule has 36 heavy (non-hydrogen) atoms. The smallest absolute Gasteiger partial charge is 0.136 e. The number of quaternary nitrogens is 2. The lowest BCUT2D eigenvalue weighted by molar-refractivity contribution is -1.05. The van der Waals surface area contributed by atoms with Gasteiger partial charge in [0, 0.05) is 0 Å². The van der Waals surface area contributed by atoms with E-state index in [2.05, 4.69) is 41.8 Å². The van der Waals surface area contributed by atoms with Crippen LogP contribution in [0, 0.1) is 0 Å². The maximum atomic E-state index is 2.57. The van der Waals surface area contributed by atoms with Gasteiger partial charge in [-0.15, -0.1) is 0 Å². The summed E-state index contributed by atoms with van der Waals surface area (Å²) in [5.74, 6) is 0. The second kappa shape index (κ2) is 23.4. The first-order valence-corrected chi connectivity index (χ1v) is 16.1. The molecule has 2 nitrogen and oxygen atoms in total. The van der Waals surface area contributed by atoms with Gasteiger partial charge in [-0.2, -0.15) is 0 Å². The highest BCUT2D eigenvalue weighted by Crippen LogP contribution is 2.28. The Labute approximate surface area is 241 Å². The van der Waals surface area contributed by atoms with Crippen molar-refractivity contribution in [2.45, 2.75) is 168 Å². The molecule has 1 rings (SSSR count). The van der Waals surface area contributed by atoms with Crippen molar-refractivity contribution >= 4 is 0 Å². The van der Waals surface area contributed by atoms with Crippen molar-refractivity contribution in [2.75, 3.05) is 40.3 Å². The van der Waals surface area contributed by atoms with Crippen LogP contribution < -0.4 is 24.8 Å². The number of hydrogen-bond acceptors (Lipinski definition) is 0. The minimum atomic E-state index is 0. The Hall–Kier alpha value is 0.500. The average Bonchev–Trinajstić information content (AvgIpc) is 2.80. The van der Waals surface area contributed by atoms with E-state index in [1.165, 1.54) is 164 Å². The summed E-state index contributed by atoms with van der Waals surface area (Å²) in [5.41, 5.74) is 0. The van der Waals surface area contributed by atoms with Crippen LogP contribution in [0.5, 0.6) is 0 Å². The van der Waals surface area contributed by atoms with Crippen molar-refractivity contribution in [1.82, 2.24) is 0 Å². The van der Waals surface area contributed by atoms with Crippen LogP contribution in [0.4, 0.5) is 0 Å². The van der Waals surface area contributed by atoms with Crippen LogP contribution in [0.3, 0.4) is 0 Å². The van der Waals surface area contributed by atoms with E-state index < -0.39 is 0 Å². The van der Waals surface area contributed by atoms with Gasteiger partial charge in [-0.1, -0.05) is 117 Å². The van der Waals surface area contributed by atoms with Gasteiger partial charge in [-0.05, 0) is 39.5 Å². The van der Waals surface area contributed by atoms with Crippen LogP contribution in [-0.4, -0.2) is 61.3 Å². The summed E-state index contributed by atoms with van der Waals surface area (Å²) >= 11 is 0. The Morgan fingerprint density at radius 2 is 0.639 bits per heavy atom. The van der Waals surface area contributed by atoms with Crippen LogP contribution in [0.1, 0.15) is 156 Å². The van der Waals surface area contributed by atoms with E-state index in [1.807, 2.05) is 0 Å². The molecule has 0 aromatic carbocycles. The van der Waals surface area contributed by atoms with Gasteiger partial charge in [-0.3, -0.25) is 0 Å². The van der Waals surface area contributed by atoms with Crippen LogP contribution in [-0.2, 0) is 0 Å². The van der Waals surface area contributed by atoms with Gasteiger partial charge < -0.3 is 33.8 Å². The zero-order valence-corrected chi connectivity index (χ0v) is 27.3. The van der Waals surface area contributed by atoms with Crippen LogP contribution in [0.15, 0.2) is 0 Å². The molecule has 1 fully saturated rings. The second-order valence-electron chi connectivity index (χ2n) is 12.8. The molecule has 220 valence electrons. The van der Waals surface area contributed by atoms with Crippen LogP contribution >= 0.6 is 0 Å². The van der Waals surface area contributed by atoms with Crippen molar-refractivity contribution in [2.24, 2.45) is 0 Å². The molecule has 4 atom stereocenters. The highest BCUT2D eigenvalue weighted by molar-refractivity contribution is 4.66. The lowest BCUT2D eigenvalue weighted by Gasteiger charge is -2.54. The highest BCUT2D eigenvalue weighted by Gasteiger charge is 2.46. The number of piperazine rings is 1. The molecule has 1 aliphatic rings. The molecule has 1 heterocycles. The molecule has 2 unspecified atom stereocenters. The largest absolute Gasteiger partial charge is 1.00 e. The zero-order valence-electron chi connectivity index (χ0n) is 25.8. The van der Waals surface area contributed by atoms with E-state index in [1.54, 1.807) is 0 Å². The fraction of sp³-hybridized carbons (Fsp3) is 1.00. The minimum absolute atomic E-state index is 0. The van der Waals surface area contributed by atoms with Crippen molar-refractivity contribution in [1.29, 1.82) is 0 Å². The Morgan fingerprint density at radius 1 is 0.417 bits per heavy atom. The normalized spacial score (nSPS) is 25.8. The first kappa shape index (κ1) is 38.6. The van der Waals surface area contributed by atoms with Gasteiger partial charge in [0.25, 0.3) is 0 Å². The Morgan fingerprint density at radius 3 is 0.889 bits per heavy atom. The maximum absolute atomic E-state index is 2.57. The summed E-state index contributed by atoms with van der Waals surface area (Å²) in [4.78, 5) is 0. The Balaban J connectivity index is 0. The summed E-state index contributed by atoms with van der Waals surface area (Å²) in [6.45, 7) is 15.3. The van der Waals surface area contributed by atoms with Gasteiger partial charge >= 0.3 is 0 Å². The first-order chi connectivity index (χ1) is 16.4. The third kappa shape index (κ3) is 16.5. The molecule has 0 amide bonds. The lowest BCUT2D eigenvalue weighted by Crippen LogP contribution is -3.00.